The molecule has 2 atom stereocenters. The van der Waals surface area contributed by atoms with Crippen LogP contribution >= 0.6 is 0 Å². The zero-order chi connectivity index (χ0) is 30.3. The summed E-state index contributed by atoms with van der Waals surface area (Å²) in [6, 6.07) is 12.2. The monoisotopic (exact) mass is 590 g/mol. The number of fused-ring (bicyclic) bond motifs is 5. The van der Waals surface area contributed by atoms with Crippen molar-refractivity contribution in [2.75, 3.05) is 26.2 Å². The third kappa shape index (κ3) is 7.89. The van der Waals surface area contributed by atoms with E-state index in [1.807, 2.05) is 45.0 Å². The predicted octanol–water partition coefficient (Wildman–Crippen LogP) is 3.03. The Labute approximate surface area is 250 Å². The molecule has 1 N–H and O–H groups in total. The minimum absolute atomic E-state index is 0.0372. The van der Waals surface area contributed by atoms with Crippen molar-refractivity contribution in [1.82, 2.24) is 29.9 Å². The lowest BCUT2D eigenvalue weighted by atomic mass is 10.0. The maximum atomic E-state index is 13.6. The molecule has 0 radical (unpaired) electrons. The molecule has 1 aromatic heterocycles. The lowest BCUT2D eigenvalue weighted by Crippen LogP contribution is -2.58. The first kappa shape index (κ1) is 30.0. The number of likely N-dealkylation sites (tertiary alicyclic amines) is 1. The zero-order valence-electron chi connectivity index (χ0n) is 24.8. The third-order valence-electron chi connectivity index (χ3n) is 7.37. The molecule has 0 saturated carbocycles. The van der Waals surface area contributed by atoms with Gasteiger partial charge in [0.1, 0.15) is 29.9 Å². The fourth-order valence-corrected chi connectivity index (χ4v) is 5.28. The minimum atomic E-state index is -0.452. The average Bonchev–Trinajstić information content (AvgIpc) is 3.51. The highest BCUT2D eigenvalue weighted by molar-refractivity contribution is 5.97. The van der Waals surface area contributed by atoms with Gasteiger partial charge >= 0.3 is 0 Å². The van der Waals surface area contributed by atoms with Crippen LogP contribution in [-0.2, 0) is 27.5 Å². The van der Waals surface area contributed by atoms with Crippen LogP contribution in [0.1, 0.15) is 49.5 Å². The van der Waals surface area contributed by atoms with E-state index in [0.29, 0.717) is 62.0 Å². The number of hydrogen-bond donors (Lipinski definition) is 1. The molecular weight excluding hydrogens is 552 g/mol. The quantitative estimate of drug-likeness (QED) is 0.464. The molecule has 43 heavy (non-hydrogen) atoms. The second-order valence-corrected chi connectivity index (χ2v) is 11.0. The summed E-state index contributed by atoms with van der Waals surface area (Å²) in [7, 11) is 0. The van der Waals surface area contributed by atoms with E-state index in [-0.39, 0.29) is 42.9 Å². The van der Waals surface area contributed by atoms with Crippen LogP contribution in [0.5, 0.6) is 17.2 Å². The molecule has 228 valence electrons. The Bertz CT molecular complexity index is 1430. The first-order valence-electron chi connectivity index (χ1n) is 14.7. The summed E-state index contributed by atoms with van der Waals surface area (Å²) in [6.45, 7) is 7.33. The Morgan fingerprint density at radius 2 is 2.02 bits per heavy atom. The molecule has 0 aliphatic carbocycles. The van der Waals surface area contributed by atoms with Gasteiger partial charge in [-0.1, -0.05) is 12.1 Å². The maximum absolute atomic E-state index is 13.6. The van der Waals surface area contributed by atoms with Gasteiger partial charge in [-0.2, -0.15) is 5.10 Å². The summed E-state index contributed by atoms with van der Waals surface area (Å²) in [5, 5.41) is 7.12. The molecule has 0 spiro atoms. The van der Waals surface area contributed by atoms with Gasteiger partial charge in [-0.15, -0.1) is 0 Å². The Morgan fingerprint density at radius 1 is 1.16 bits per heavy atom. The predicted molar refractivity (Wildman–Crippen MR) is 157 cm³/mol. The molecule has 1 fully saturated rings. The molecule has 2 aromatic carbocycles. The van der Waals surface area contributed by atoms with Crippen LogP contribution in [0.2, 0.25) is 0 Å². The standard InChI is InChI=1S/C31H38N6O6/c1-4-35-17-29(38)34-27-16-36(30(39)9-11-37-20-32-19-33-37)10-8-28(27)41-18-22-6-5-7-24(12-22)43-26-14-23(31(35)40)13-25(15-26)42-21(2)3/h5-7,12-15,19-21,27-28H,4,8-11,16-18H2,1-3H3,(H,34,38)/t27-,28-/m0/s1. The normalized spacial score (nSPS) is 19.4. The molecule has 5 rings (SSSR count). The highest BCUT2D eigenvalue weighted by Gasteiger charge is 2.34. The number of hydrogen-bond acceptors (Lipinski definition) is 8. The van der Waals surface area contributed by atoms with Crippen molar-refractivity contribution in [3.8, 4) is 17.2 Å². The molecule has 1 saturated heterocycles. The Balaban J connectivity index is 1.39. The summed E-state index contributed by atoms with van der Waals surface area (Å²) < 4.78 is 20.0. The molecule has 12 nitrogen and oxygen atoms in total. The van der Waals surface area contributed by atoms with Crippen LogP contribution in [0.15, 0.2) is 55.1 Å². The zero-order valence-corrected chi connectivity index (χ0v) is 24.8. The Hall–Kier alpha value is -4.45. The van der Waals surface area contributed by atoms with Crippen LogP contribution in [0.4, 0.5) is 0 Å². The molecule has 2 aliphatic rings. The van der Waals surface area contributed by atoms with Crippen molar-refractivity contribution >= 4 is 17.7 Å². The van der Waals surface area contributed by atoms with Crippen molar-refractivity contribution in [3.05, 3.63) is 66.2 Å². The topological polar surface area (TPSA) is 128 Å². The second kappa shape index (κ2) is 13.7. The van der Waals surface area contributed by atoms with E-state index in [0.717, 1.165) is 5.56 Å². The number of likely N-dealkylation sites (N-methyl/N-ethyl adjacent to an activating group) is 1. The number of piperidine rings is 1. The lowest BCUT2D eigenvalue weighted by molar-refractivity contribution is -0.137. The van der Waals surface area contributed by atoms with E-state index in [4.69, 9.17) is 14.2 Å². The van der Waals surface area contributed by atoms with Crippen LogP contribution in [0.25, 0.3) is 0 Å². The van der Waals surface area contributed by atoms with Gasteiger partial charge in [-0.25, -0.2) is 4.98 Å². The van der Waals surface area contributed by atoms with E-state index >= 15 is 0 Å². The number of benzene rings is 2. The van der Waals surface area contributed by atoms with Gasteiger partial charge in [0.05, 0.1) is 37.9 Å². The number of aryl methyl sites for hydroxylation is 1. The largest absolute Gasteiger partial charge is 0.491 e. The Kier molecular flexibility index (Phi) is 9.55. The van der Waals surface area contributed by atoms with Crippen molar-refractivity contribution in [2.45, 2.75) is 65.0 Å². The van der Waals surface area contributed by atoms with E-state index in [1.54, 1.807) is 34.1 Å². The minimum Gasteiger partial charge on any atom is -0.491 e. The highest BCUT2D eigenvalue weighted by Crippen LogP contribution is 2.30. The molecule has 0 unspecified atom stereocenters. The van der Waals surface area contributed by atoms with Crippen LogP contribution in [0, 0.1) is 0 Å². The molecule has 2 aliphatic heterocycles. The summed E-state index contributed by atoms with van der Waals surface area (Å²) >= 11 is 0. The van der Waals surface area contributed by atoms with E-state index < -0.39 is 6.04 Å². The van der Waals surface area contributed by atoms with Crippen molar-refractivity contribution in [3.63, 3.8) is 0 Å². The first-order valence-corrected chi connectivity index (χ1v) is 14.7. The van der Waals surface area contributed by atoms with Crippen molar-refractivity contribution < 1.29 is 28.6 Å². The SMILES string of the molecule is CCN1CC(=O)N[C@H]2CN(C(=O)CCn3cncn3)CC[C@@H]2OCc2cccc(c2)Oc2cc(OC(C)C)cc(c2)C1=O. The molecule has 3 amide bonds. The molecule has 12 heteroatoms. The summed E-state index contributed by atoms with van der Waals surface area (Å²) in [5.41, 5.74) is 1.25. The van der Waals surface area contributed by atoms with E-state index in [1.165, 1.54) is 11.2 Å². The van der Waals surface area contributed by atoms with Gasteiger partial charge < -0.3 is 29.3 Å². The number of aromatic nitrogens is 3. The Morgan fingerprint density at radius 3 is 2.79 bits per heavy atom. The molecule has 4 bridgehead atoms. The number of nitrogens with zero attached hydrogens (tertiary/aromatic N) is 5. The number of rotatable bonds is 6. The van der Waals surface area contributed by atoms with Gasteiger partial charge in [-0.05, 0) is 57.0 Å². The van der Waals surface area contributed by atoms with Crippen LogP contribution < -0.4 is 14.8 Å². The number of ether oxygens (including phenoxy) is 3. The molecule has 3 aromatic rings. The smallest absolute Gasteiger partial charge is 0.254 e. The lowest BCUT2D eigenvalue weighted by Gasteiger charge is -2.39. The average molecular weight is 591 g/mol. The summed E-state index contributed by atoms with van der Waals surface area (Å²) in [6.07, 6.45) is 3.39. The molecular formula is C31H38N6O6. The van der Waals surface area contributed by atoms with Gasteiger partial charge in [0, 0.05) is 37.7 Å². The van der Waals surface area contributed by atoms with Crippen LogP contribution in [0.3, 0.4) is 0 Å². The van der Waals surface area contributed by atoms with Gasteiger partial charge in [-0.3, -0.25) is 19.1 Å². The summed E-state index contributed by atoms with van der Waals surface area (Å²) in [4.78, 5) is 47.2. The number of carbonyl (C=O) groups is 3. The second-order valence-electron chi connectivity index (χ2n) is 11.0. The van der Waals surface area contributed by atoms with Gasteiger partial charge in [0.2, 0.25) is 11.8 Å². The first-order chi connectivity index (χ1) is 20.8. The molecule has 3 heterocycles. The third-order valence-corrected chi connectivity index (χ3v) is 7.37. The summed E-state index contributed by atoms with van der Waals surface area (Å²) in [5.74, 6) is 0.858. The number of nitrogens with one attached hydrogen (secondary N) is 1. The maximum Gasteiger partial charge on any atom is 0.254 e. The number of carbonyl (C=O) groups excluding carboxylic acids is 3. The van der Waals surface area contributed by atoms with Gasteiger partial charge in [0.25, 0.3) is 5.91 Å². The van der Waals surface area contributed by atoms with E-state index in [2.05, 4.69) is 15.4 Å². The fourth-order valence-electron chi connectivity index (χ4n) is 5.28. The van der Waals surface area contributed by atoms with Crippen molar-refractivity contribution in [2.24, 2.45) is 0 Å². The fraction of sp³-hybridized carbons (Fsp3) is 0.452. The number of amides is 3. The van der Waals surface area contributed by atoms with Crippen molar-refractivity contribution in [1.29, 1.82) is 0 Å². The highest BCUT2D eigenvalue weighted by atomic mass is 16.5. The van der Waals surface area contributed by atoms with Gasteiger partial charge in [0.15, 0.2) is 0 Å². The van der Waals surface area contributed by atoms with Crippen LogP contribution in [-0.4, -0.2) is 86.7 Å². The van der Waals surface area contributed by atoms with E-state index in [9.17, 15) is 14.4 Å².